The zero-order valence-electron chi connectivity index (χ0n) is 9.84. The molecule has 0 heterocycles. The minimum absolute atomic E-state index is 0.913. The number of rotatable bonds is 2. The molecule has 0 saturated heterocycles. The van der Waals surface area contributed by atoms with Crippen LogP contribution in [0.1, 0.15) is 11.1 Å². The summed E-state index contributed by atoms with van der Waals surface area (Å²) in [7, 11) is 0. The zero-order valence-corrected chi connectivity index (χ0v) is 9.84. The van der Waals surface area contributed by atoms with E-state index in [1.165, 1.54) is 0 Å². The molecule has 0 spiro atoms. The number of hydrogen-bond donors (Lipinski definition) is 2. The highest BCUT2D eigenvalue weighted by atomic mass is 15.0. The van der Waals surface area contributed by atoms with Gasteiger partial charge in [0, 0.05) is 0 Å². The molecule has 0 fully saturated rings. The summed E-state index contributed by atoms with van der Waals surface area (Å²) in [6.45, 7) is 6.00. The summed E-state index contributed by atoms with van der Waals surface area (Å²) in [6.07, 6.45) is 0. The standard InChI is InChI=1S/C13H14N2.C2H4/c14-13(15,11-7-3-1-4-8-11)12-9-5-2-6-10-12;1-2/h1-10H,14-15H2;1-2H2. The van der Waals surface area contributed by atoms with Gasteiger partial charge in [0.25, 0.3) is 0 Å². The van der Waals surface area contributed by atoms with E-state index in [0.29, 0.717) is 0 Å². The van der Waals surface area contributed by atoms with Crippen molar-refractivity contribution in [2.75, 3.05) is 0 Å². The first-order valence-corrected chi connectivity index (χ1v) is 5.40. The summed E-state index contributed by atoms with van der Waals surface area (Å²) >= 11 is 0. The van der Waals surface area contributed by atoms with Crippen molar-refractivity contribution in [2.45, 2.75) is 5.66 Å². The molecule has 2 heteroatoms. The smallest absolute Gasteiger partial charge is 0.116 e. The van der Waals surface area contributed by atoms with Gasteiger partial charge < -0.3 is 11.5 Å². The van der Waals surface area contributed by atoms with Gasteiger partial charge in [-0.15, -0.1) is 13.2 Å². The molecule has 4 N–H and O–H groups in total. The molecule has 88 valence electrons. The van der Waals surface area contributed by atoms with Crippen molar-refractivity contribution in [2.24, 2.45) is 11.5 Å². The molecule has 0 aliphatic rings. The van der Waals surface area contributed by atoms with Gasteiger partial charge in [-0.25, -0.2) is 0 Å². The van der Waals surface area contributed by atoms with Crippen LogP contribution in [0.4, 0.5) is 0 Å². The minimum atomic E-state index is -0.914. The van der Waals surface area contributed by atoms with Gasteiger partial charge in [0.05, 0.1) is 0 Å². The van der Waals surface area contributed by atoms with Gasteiger partial charge in [0.15, 0.2) is 0 Å². The molecule has 0 radical (unpaired) electrons. The molecule has 0 atom stereocenters. The first-order valence-electron chi connectivity index (χ1n) is 5.40. The maximum atomic E-state index is 6.14. The highest BCUT2D eigenvalue weighted by Gasteiger charge is 2.23. The number of nitrogens with two attached hydrogens (primary N) is 2. The third-order valence-corrected chi connectivity index (χ3v) is 2.50. The molecule has 0 aromatic heterocycles. The van der Waals surface area contributed by atoms with E-state index in [9.17, 15) is 0 Å². The number of hydrogen-bond acceptors (Lipinski definition) is 2. The first kappa shape index (κ1) is 13.2. The second kappa shape index (κ2) is 5.99. The minimum Gasteiger partial charge on any atom is -0.306 e. The second-order valence-corrected chi connectivity index (χ2v) is 3.60. The summed E-state index contributed by atoms with van der Waals surface area (Å²) in [5.41, 5.74) is 13.2. The second-order valence-electron chi connectivity index (χ2n) is 3.60. The van der Waals surface area contributed by atoms with Gasteiger partial charge in [0.2, 0.25) is 0 Å². The van der Waals surface area contributed by atoms with Crippen LogP contribution in [-0.4, -0.2) is 0 Å². The predicted octanol–water partition coefficient (Wildman–Crippen LogP) is 2.61. The Morgan fingerprint density at radius 1 is 0.647 bits per heavy atom. The summed E-state index contributed by atoms with van der Waals surface area (Å²) in [5, 5.41) is 0. The van der Waals surface area contributed by atoms with Gasteiger partial charge in [0.1, 0.15) is 5.66 Å². The average Bonchev–Trinajstić information content (AvgIpc) is 2.43. The van der Waals surface area contributed by atoms with Gasteiger partial charge in [-0.2, -0.15) is 0 Å². The Hall–Kier alpha value is -1.90. The lowest BCUT2D eigenvalue weighted by Gasteiger charge is -2.25. The Morgan fingerprint density at radius 2 is 0.941 bits per heavy atom. The molecule has 2 aromatic carbocycles. The van der Waals surface area contributed by atoms with Crippen molar-refractivity contribution in [3.63, 3.8) is 0 Å². The van der Waals surface area contributed by atoms with E-state index in [1.54, 1.807) is 0 Å². The van der Waals surface area contributed by atoms with E-state index in [1.807, 2.05) is 60.7 Å². The van der Waals surface area contributed by atoms with Crippen LogP contribution in [0, 0.1) is 0 Å². The lowest BCUT2D eigenvalue weighted by atomic mass is 9.93. The van der Waals surface area contributed by atoms with Crippen LogP contribution in [0.2, 0.25) is 0 Å². The third kappa shape index (κ3) is 3.03. The van der Waals surface area contributed by atoms with Crippen molar-refractivity contribution in [1.82, 2.24) is 0 Å². The van der Waals surface area contributed by atoms with Crippen LogP contribution < -0.4 is 11.5 Å². The van der Waals surface area contributed by atoms with E-state index in [0.717, 1.165) is 11.1 Å². The third-order valence-electron chi connectivity index (χ3n) is 2.50. The SMILES string of the molecule is C=C.NC(N)(c1ccccc1)c1ccccc1. The molecular weight excluding hydrogens is 208 g/mol. The van der Waals surface area contributed by atoms with Crippen molar-refractivity contribution < 1.29 is 0 Å². The summed E-state index contributed by atoms with van der Waals surface area (Å²) in [5.74, 6) is 0. The fraction of sp³-hybridized carbons (Fsp3) is 0.0667. The van der Waals surface area contributed by atoms with Crippen molar-refractivity contribution in [1.29, 1.82) is 0 Å². The van der Waals surface area contributed by atoms with E-state index < -0.39 is 5.66 Å². The number of benzene rings is 2. The van der Waals surface area contributed by atoms with E-state index >= 15 is 0 Å². The van der Waals surface area contributed by atoms with Crippen LogP contribution in [0.25, 0.3) is 0 Å². The molecule has 2 nitrogen and oxygen atoms in total. The van der Waals surface area contributed by atoms with Crippen LogP contribution in [0.15, 0.2) is 73.8 Å². The normalized spacial score (nSPS) is 10.2. The summed E-state index contributed by atoms with van der Waals surface area (Å²) in [4.78, 5) is 0. The molecule has 17 heavy (non-hydrogen) atoms. The van der Waals surface area contributed by atoms with Crippen molar-refractivity contribution >= 4 is 0 Å². The van der Waals surface area contributed by atoms with Crippen LogP contribution in [-0.2, 0) is 5.66 Å². The lowest BCUT2D eigenvalue weighted by Crippen LogP contribution is -2.46. The van der Waals surface area contributed by atoms with Crippen molar-refractivity contribution in [3.05, 3.63) is 84.9 Å². The average molecular weight is 226 g/mol. The summed E-state index contributed by atoms with van der Waals surface area (Å²) in [6, 6.07) is 19.4. The van der Waals surface area contributed by atoms with Crippen LogP contribution in [0.3, 0.4) is 0 Å². The van der Waals surface area contributed by atoms with Gasteiger partial charge >= 0.3 is 0 Å². The van der Waals surface area contributed by atoms with Crippen molar-refractivity contribution in [3.8, 4) is 0 Å². The Kier molecular flexibility index (Phi) is 4.64. The Bertz CT molecular complexity index is 393. The predicted molar refractivity (Wildman–Crippen MR) is 73.3 cm³/mol. The topological polar surface area (TPSA) is 52.0 Å². The molecule has 2 rings (SSSR count). The molecule has 2 aromatic rings. The quantitative estimate of drug-likeness (QED) is 0.611. The van der Waals surface area contributed by atoms with E-state index in [4.69, 9.17) is 11.5 Å². The first-order chi connectivity index (χ1) is 8.21. The molecule has 0 aliphatic carbocycles. The van der Waals surface area contributed by atoms with Gasteiger partial charge in [-0.3, -0.25) is 0 Å². The Balaban J connectivity index is 0.000000686. The maximum absolute atomic E-state index is 6.14. The van der Waals surface area contributed by atoms with Crippen LogP contribution in [0.5, 0.6) is 0 Å². The molecular formula is C15H18N2. The molecule has 0 amide bonds. The molecule has 0 bridgehead atoms. The van der Waals surface area contributed by atoms with Crippen LogP contribution >= 0.6 is 0 Å². The molecule has 0 unspecified atom stereocenters. The highest BCUT2D eigenvalue weighted by Crippen LogP contribution is 2.20. The summed E-state index contributed by atoms with van der Waals surface area (Å²) < 4.78 is 0. The zero-order chi connectivity index (χ0) is 12.7. The fourth-order valence-corrected chi connectivity index (χ4v) is 1.59. The Morgan fingerprint density at radius 3 is 1.24 bits per heavy atom. The monoisotopic (exact) mass is 226 g/mol. The van der Waals surface area contributed by atoms with Gasteiger partial charge in [-0.05, 0) is 11.1 Å². The molecule has 0 aliphatic heterocycles. The largest absolute Gasteiger partial charge is 0.306 e. The fourth-order valence-electron chi connectivity index (χ4n) is 1.59. The van der Waals surface area contributed by atoms with Gasteiger partial charge in [-0.1, -0.05) is 60.7 Å². The van der Waals surface area contributed by atoms with E-state index in [2.05, 4.69) is 13.2 Å². The maximum Gasteiger partial charge on any atom is 0.116 e. The van der Waals surface area contributed by atoms with E-state index in [-0.39, 0.29) is 0 Å². The Labute approximate surface area is 103 Å². The highest BCUT2D eigenvalue weighted by molar-refractivity contribution is 5.35. The lowest BCUT2D eigenvalue weighted by molar-refractivity contribution is 0.567. The molecule has 0 saturated carbocycles.